The second-order valence-electron chi connectivity index (χ2n) is 5.43. The number of likely N-dealkylation sites (tertiary alicyclic amines) is 1. The number of piperidine rings is 1. The van der Waals surface area contributed by atoms with E-state index in [9.17, 15) is 0 Å². The maximum Gasteiger partial charge on any atom is 0.193 e. The molecule has 0 aliphatic carbocycles. The fourth-order valence-electron chi connectivity index (χ4n) is 2.54. The first-order valence-electron chi connectivity index (χ1n) is 8.45. The van der Waals surface area contributed by atoms with Crippen molar-refractivity contribution in [2.24, 2.45) is 4.99 Å². The van der Waals surface area contributed by atoms with Gasteiger partial charge in [-0.15, -0.1) is 24.0 Å². The first kappa shape index (κ1) is 22.9. The lowest BCUT2D eigenvalue weighted by Crippen LogP contribution is -2.47. The molecule has 0 saturated carbocycles. The van der Waals surface area contributed by atoms with E-state index < -0.39 is 0 Å². The van der Waals surface area contributed by atoms with Gasteiger partial charge < -0.3 is 24.4 Å². The molecule has 6 nitrogen and oxygen atoms in total. The van der Waals surface area contributed by atoms with E-state index >= 15 is 0 Å². The van der Waals surface area contributed by atoms with Crippen LogP contribution in [0.3, 0.4) is 0 Å². The third-order valence-electron chi connectivity index (χ3n) is 3.75. The van der Waals surface area contributed by atoms with E-state index in [1.54, 1.807) is 7.11 Å². The summed E-state index contributed by atoms with van der Waals surface area (Å²) >= 11 is 0. The molecule has 23 heavy (non-hydrogen) atoms. The first-order valence-corrected chi connectivity index (χ1v) is 8.45. The van der Waals surface area contributed by atoms with Gasteiger partial charge >= 0.3 is 0 Å². The maximum atomic E-state index is 5.89. The molecule has 1 rings (SSSR count). The normalized spacial score (nSPS) is 16.3. The zero-order chi connectivity index (χ0) is 16.0. The van der Waals surface area contributed by atoms with Crippen molar-refractivity contribution in [3.63, 3.8) is 0 Å². The van der Waals surface area contributed by atoms with Crippen molar-refractivity contribution in [3.05, 3.63) is 0 Å². The highest BCUT2D eigenvalue weighted by Gasteiger charge is 2.21. The van der Waals surface area contributed by atoms with Crippen LogP contribution in [-0.4, -0.2) is 77.2 Å². The van der Waals surface area contributed by atoms with Crippen molar-refractivity contribution >= 4 is 29.9 Å². The quantitative estimate of drug-likeness (QED) is 0.243. The number of guanidine groups is 1. The standard InChI is InChI=1S/C16H33N3O3.HI/c1-4-21-13-5-9-18-16(17-2)19-10-7-15(8-11-19)22-14-6-12-20-3;/h15H,4-14H2,1-3H3,(H,17,18);1H. The van der Waals surface area contributed by atoms with Crippen LogP contribution in [0.15, 0.2) is 4.99 Å². The van der Waals surface area contributed by atoms with Gasteiger partial charge in [0.25, 0.3) is 0 Å². The number of hydrogen-bond donors (Lipinski definition) is 1. The summed E-state index contributed by atoms with van der Waals surface area (Å²) in [6, 6.07) is 0. The molecular weight excluding hydrogens is 409 g/mol. The Kier molecular flexibility index (Phi) is 15.3. The average Bonchev–Trinajstić information content (AvgIpc) is 2.56. The first-order chi connectivity index (χ1) is 10.8. The Morgan fingerprint density at radius 3 is 2.52 bits per heavy atom. The Bertz CT molecular complexity index is 298. The summed E-state index contributed by atoms with van der Waals surface area (Å²) in [5.41, 5.74) is 0. The lowest BCUT2D eigenvalue weighted by Gasteiger charge is -2.34. The maximum absolute atomic E-state index is 5.89. The lowest BCUT2D eigenvalue weighted by molar-refractivity contribution is 0.00990. The van der Waals surface area contributed by atoms with E-state index in [0.717, 1.165) is 77.7 Å². The van der Waals surface area contributed by atoms with Crippen LogP contribution in [0.25, 0.3) is 0 Å². The van der Waals surface area contributed by atoms with E-state index in [2.05, 4.69) is 15.2 Å². The fourth-order valence-corrected chi connectivity index (χ4v) is 2.54. The minimum atomic E-state index is 0. The van der Waals surface area contributed by atoms with Crippen LogP contribution in [0.4, 0.5) is 0 Å². The molecule has 0 atom stereocenters. The SMILES string of the molecule is CCOCCCNC(=NC)N1CCC(OCCCOC)CC1.I. The molecule has 1 N–H and O–H groups in total. The number of ether oxygens (including phenoxy) is 3. The highest BCUT2D eigenvalue weighted by molar-refractivity contribution is 14.0. The van der Waals surface area contributed by atoms with E-state index in [4.69, 9.17) is 14.2 Å². The molecular formula is C16H34IN3O3. The molecule has 0 aromatic heterocycles. The predicted molar refractivity (Wildman–Crippen MR) is 105 cm³/mol. The molecule has 0 radical (unpaired) electrons. The Morgan fingerprint density at radius 2 is 1.91 bits per heavy atom. The van der Waals surface area contributed by atoms with Gasteiger partial charge in [-0.05, 0) is 32.6 Å². The molecule has 0 unspecified atom stereocenters. The zero-order valence-corrected chi connectivity index (χ0v) is 17.2. The van der Waals surface area contributed by atoms with Crippen LogP contribution >= 0.6 is 24.0 Å². The van der Waals surface area contributed by atoms with Gasteiger partial charge in [0.1, 0.15) is 0 Å². The second-order valence-corrected chi connectivity index (χ2v) is 5.43. The van der Waals surface area contributed by atoms with E-state index in [1.165, 1.54) is 0 Å². The van der Waals surface area contributed by atoms with Crippen molar-refractivity contribution in [2.75, 3.05) is 60.2 Å². The number of rotatable bonds is 10. The highest BCUT2D eigenvalue weighted by atomic mass is 127. The number of hydrogen-bond acceptors (Lipinski definition) is 4. The molecule has 0 aromatic rings. The minimum Gasteiger partial charge on any atom is -0.385 e. The third-order valence-corrected chi connectivity index (χ3v) is 3.75. The summed E-state index contributed by atoms with van der Waals surface area (Å²) in [7, 11) is 3.57. The van der Waals surface area contributed by atoms with Gasteiger partial charge in [-0.1, -0.05) is 0 Å². The largest absolute Gasteiger partial charge is 0.385 e. The Morgan fingerprint density at radius 1 is 1.17 bits per heavy atom. The molecule has 1 aliphatic rings. The topological polar surface area (TPSA) is 55.3 Å². The van der Waals surface area contributed by atoms with Gasteiger partial charge in [0.05, 0.1) is 6.10 Å². The number of nitrogens with one attached hydrogen (secondary N) is 1. The van der Waals surface area contributed by atoms with Gasteiger partial charge in [-0.25, -0.2) is 0 Å². The summed E-state index contributed by atoms with van der Waals surface area (Å²) in [5.74, 6) is 0.995. The van der Waals surface area contributed by atoms with Gasteiger partial charge in [-0.3, -0.25) is 4.99 Å². The third kappa shape index (κ3) is 10.4. The summed E-state index contributed by atoms with van der Waals surface area (Å²) in [6.07, 6.45) is 4.48. The number of halogens is 1. The van der Waals surface area contributed by atoms with Crippen molar-refractivity contribution in [3.8, 4) is 0 Å². The van der Waals surface area contributed by atoms with Gasteiger partial charge in [0.2, 0.25) is 0 Å². The summed E-state index contributed by atoms with van der Waals surface area (Å²) < 4.78 is 16.3. The molecule has 1 saturated heterocycles. The van der Waals surface area contributed by atoms with E-state index in [0.29, 0.717) is 6.10 Å². The van der Waals surface area contributed by atoms with Crippen LogP contribution in [0, 0.1) is 0 Å². The number of methoxy groups -OCH3 is 1. The predicted octanol–water partition coefficient (Wildman–Crippen LogP) is 2.12. The van der Waals surface area contributed by atoms with Crippen molar-refractivity contribution < 1.29 is 14.2 Å². The smallest absolute Gasteiger partial charge is 0.193 e. The highest BCUT2D eigenvalue weighted by Crippen LogP contribution is 2.14. The van der Waals surface area contributed by atoms with Crippen LogP contribution < -0.4 is 5.32 Å². The Labute approximate surface area is 158 Å². The van der Waals surface area contributed by atoms with Gasteiger partial charge in [0.15, 0.2) is 5.96 Å². The van der Waals surface area contributed by atoms with Gasteiger partial charge in [-0.2, -0.15) is 0 Å². The summed E-state index contributed by atoms with van der Waals surface area (Å²) in [6.45, 7) is 8.08. The van der Waals surface area contributed by atoms with Crippen LogP contribution in [0.5, 0.6) is 0 Å². The van der Waals surface area contributed by atoms with Crippen molar-refractivity contribution in [1.29, 1.82) is 0 Å². The summed E-state index contributed by atoms with van der Waals surface area (Å²) in [4.78, 5) is 6.69. The molecule has 7 heteroatoms. The Hall–Kier alpha value is -0.120. The Balaban J connectivity index is 0.00000484. The van der Waals surface area contributed by atoms with Crippen molar-refractivity contribution in [1.82, 2.24) is 10.2 Å². The second kappa shape index (κ2) is 15.4. The van der Waals surface area contributed by atoms with Gasteiger partial charge in [0, 0.05) is 60.2 Å². The molecule has 138 valence electrons. The van der Waals surface area contributed by atoms with Crippen LogP contribution in [0.2, 0.25) is 0 Å². The molecule has 0 aromatic carbocycles. The molecule has 1 heterocycles. The average molecular weight is 443 g/mol. The number of nitrogens with zero attached hydrogens (tertiary/aromatic N) is 2. The van der Waals surface area contributed by atoms with Crippen LogP contribution in [0.1, 0.15) is 32.6 Å². The molecule has 1 fully saturated rings. The molecule has 1 aliphatic heterocycles. The lowest BCUT2D eigenvalue weighted by atomic mass is 10.1. The molecule has 0 amide bonds. The fraction of sp³-hybridized carbons (Fsp3) is 0.938. The van der Waals surface area contributed by atoms with Crippen LogP contribution in [-0.2, 0) is 14.2 Å². The molecule has 0 spiro atoms. The minimum absolute atomic E-state index is 0. The monoisotopic (exact) mass is 443 g/mol. The van der Waals surface area contributed by atoms with E-state index in [-0.39, 0.29) is 24.0 Å². The zero-order valence-electron chi connectivity index (χ0n) is 14.9. The molecule has 0 bridgehead atoms. The van der Waals surface area contributed by atoms with Crippen molar-refractivity contribution in [2.45, 2.75) is 38.7 Å². The summed E-state index contributed by atoms with van der Waals surface area (Å²) in [5, 5.41) is 3.41. The number of aliphatic imine (C=N–C) groups is 1. The van der Waals surface area contributed by atoms with E-state index in [1.807, 2.05) is 14.0 Å².